The molecule has 2 aromatic carbocycles. The maximum Gasteiger partial charge on any atom is 0.242 e. The van der Waals surface area contributed by atoms with Gasteiger partial charge in [0.25, 0.3) is 0 Å². The van der Waals surface area contributed by atoms with E-state index in [0.717, 1.165) is 11.8 Å². The smallest absolute Gasteiger partial charge is 0.242 e. The molecule has 0 bridgehead atoms. The lowest BCUT2D eigenvalue weighted by Gasteiger charge is -2.29. The van der Waals surface area contributed by atoms with Gasteiger partial charge in [-0.3, -0.25) is 13.9 Å². The van der Waals surface area contributed by atoms with Crippen LogP contribution in [-0.2, 0) is 26.0 Å². The number of rotatable bonds is 15. The number of benzene rings is 2. The lowest BCUT2D eigenvalue weighted by atomic mass is 10.1. The molecule has 37 heavy (non-hydrogen) atoms. The highest BCUT2D eigenvalue weighted by Gasteiger charge is 2.26. The number of hydrogen-bond acceptors (Lipinski definition) is 5. The van der Waals surface area contributed by atoms with Crippen LogP contribution in [0.25, 0.3) is 0 Å². The lowest BCUT2D eigenvalue weighted by molar-refractivity contribution is -0.140. The minimum Gasteiger partial charge on any atom is -0.494 e. The van der Waals surface area contributed by atoms with Gasteiger partial charge in [0.2, 0.25) is 21.8 Å². The van der Waals surface area contributed by atoms with E-state index in [4.69, 9.17) is 4.74 Å². The highest BCUT2D eigenvalue weighted by molar-refractivity contribution is 7.92. The molecule has 0 aliphatic heterocycles. The highest BCUT2D eigenvalue weighted by Crippen LogP contribution is 2.22. The molecule has 0 saturated heterocycles. The minimum atomic E-state index is -3.55. The number of carbonyl (C=O) groups is 2. The van der Waals surface area contributed by atoms with Crippen molar-refractivity contribution >= 4 is 27.5 Å². The van der Waals surface area contributed by atoms with Crippen molar-refractivity contribution in [2.45, 2.75) is 53.0 Å². The first kappa shape index (κ1) is 30.2. The third-order valence-electron chi connectivity index (χ3n) is 5.92. The van der Waals surface area contributed by atoms with Crippen molar-refractivity contribution in [3.8, 4) is 5.75 Å². The van der Waals surface area contributed by atoms with E-state index in [1.807, 2.05) is 51.1 Å². The number of ether oxygens (including phenoxy) is 1. The Labute approximate surface area is 222 Å². The van der Waals surface area contributed by atoms with Crippen molar-refractivity contribution in [2.24, 2.45) is 5.92 Å². The predicted octanol–water partition coefficient (Wildman–Crippen LogP) is 3.86. The fourth-order valence-electron chi connectivity index (χ4n) is 3.90. The molecule has 0 spiro atoms. The van der Waals surface area contributed by atoms with Crippen molar-refractivity contribution in [2.75, 3.05) is 36.8 Å². The number of carbonyl (C=O) groups excluding carboxylic acids is 2. The van der Waals surface area contributed by atoms with Gasteiger partial charge >= 0.3 is 0 Å². The fraction of sp³-hybridized carbons (Fsp3) is 0.500. The van der Waals surface area contributed by atoms with Gasteiger partial charge in [-0.1, -0.05) is 44.2 Å². The number of hydrogen-bond donors (Lipinski definition) is 1. The van der Waals surface area contributed by atoms with E-state index in [9.17, 15) is 18.0 Å². The molecule has 2 aromatic rings. The molecule has 1 N–H and O–H groups in total. The number of amides is 2. The number of anilines is 1. The summed E-state index contributed by atoms with van der Waals surface area (Å²) in [5.74, 6) is 0.591. The molecule has 0 radical (unpaired) electrons. The average Bonchev–Trinajstić information content (AvgIpc) is 2.86. The minimum absolute atomic E-state index is 0.125. The zero-order valence-electron chi connectivity index (χ0n) is 22.6. The highest BCUT2D eigenvalue weighted by atomic mass is 32.2. The van der Waals surface area contributed by atoms with Crippen molar-refractivity contribution in [1.82, 2.24) is 10.2 Å². The second-order valence-electron chi connectivity index (χ2n) is 9.50. The zero-order chi connectivity index (χ0) is 27.4. The van der Waals surface area contributed by atoms with Gasteiger partial charge < -0.3 is 15.0 Å². The summed E-state index contributed by atoms with van der Waals surface area (Å²) >= 11 is 0. The molecule has 8 nitrogen and oxygen atoms in total. The van der Waals surface area contributed by atoms with E-state index < -0.39 is 16.1 Å². The summed E-state index contributed by atoms with van der Waals surface area (Å²) in [4.78, 5) is 27.7. The summed E-state index contributed by atoms with van der Waals surface area (Å²) in [6.07, 6.45) is 2.22. The van der Waals surface area contributed by atoms with E-state index in [0.29, 0.717) is 49.9 Å². The molecular formula is C28H41N3O5S. The van der Waals surface area contributed by atoms with Gasteiger partial charge in [-0.25, -0.2) is 8.42 Å². The first-order valence-corrected chi connectivity index (χ1v) is 14.7. The second-order valence-corrected chi connectivity index (χ2v) is 11.4. The van der Waals surface area contributed by atoms with Crippen LogP contribution in [-0.4, -0.2) is 63.7 Å². The summed E-state index contributed by atoms with van der Waals surface area (Å²) in [7, 11) is -3.55. The Kier molecular flexibility index (Phi) is 11.9. The molecule has 0 aromatic heterocycles. The maximum absolute atomic E-state index is 13.3. The summed E-state index contributed by atoms with van der Waals surface area (Å²) in [5, 5.41) is 2.91. The van der Waals surface area contributed by atoms with Gasteiger partial charge in [0, 0.05) is 26.1 Å². The van der Waals surface area contributed by atoms with Crippen LogP contribution in [0.15, 0.2) is 54.6 Å². The molecule has 9 heteroatoms. The molecule has 204 valence electrons. The molecule has 0 heterocycles. The van der Waals surface area contributed by atoms with Crippen LogP contribution >= 0.6 is 0 Å². The zero-order valence-corrected chi connectivity index (χ0v) is 23.5. The van der Waals surface area contributed by atoms with Crippen LogP contribution in [0.2, 0.25) is 0 Å². The summed E-state index contributed by atoms with van der Waals surface area (Å²) in [6.45, 7) is 9.25. The Hall–Kier alpha value is -3.07. The first-order chi connectivity index (χ1) is 17.5. The van der Waals surface area contributed by atoms with E-state index in [2.05, 4.69) is 5.32 Å². The number of sulfonamides is 1. The standard InChI is InChI=1S/C28H41N3O5S/c1-6-36-26-16-14-25(15-17-26)31(37(5,34)35)19-10-13-27(32)30(20-18-24-11-8-7-9-12-24)23(4)28(33)29-21-22(2)3/h7-9,11-12,14-17,22-23H,6,10,13,18-21H2,1-5H3,(H,29,33)/t23-/m0/s1. The van der Waals surface area contributed by atoms with Crippen molar-refractivity contribution in [3.63, 3.8) is 0 Å². The average molecular weight is 532 g/mol. The summed E-state index contributed by atoms with van der Waals surface area (Å²) < 4.78 is 31.7. The number of nitrogens with one attached hydrogen (secondary N) is 1. The van der Waals surface area contributed by atoms with Crippen molar-refractivity contribution < 1.29 is 22.7 Å². The van der Waals surface area contributed by atoms with Crippen LogP contribution in [0.1, 0.15) is 46.1 Å². The topological polar surface area (TPSA) is 96.0 Å². The third-order valence-corrected chi connectivity index (χ3v) is 7.12. The fourth-order valence-corrected chi connectivity index (χ4v) is 4.87. The second kappa shape index (κ2) is 14.6. The third kappa shape index (κ3) is 10.1. The van der Waals surface area contributed by atoms with Crippen LogP contribution in [0, 0.1) is 5.92 Å². The van der Waals surface area contributed by atoms with Gasteiger partial charge in [-0.15, -0.1) is 0 Å². The Morgan fingerprint density at radius 1 is 0.973 bits per heavy atom. The molecule has 2 amide bonds. The Bertz CT molecular complexity index is 1090. The van der Waals surface area contributed by atoms with E-state index >= 15 is 0 Å². The van der Waals surface area contributed by atoms with E-state index in [-0.39, 0.29) is 24.8 Å². The van der Waals surface area contributed by atoms with Gasteiger partial charge in [0.1, 0.15) is 11.8 Å². The summed E-state index contributed by atoms with van der Waals surface area (Å²) in [5.41, 5.74) is 1.59. The normalized spacial score (nSPS) is 12.2. The number of nitrogens with zero attached hydrogens (tertiary/aromatic N) is 2. The molecule has 2 rings (SSSR count). The van der Waals surface area contributed by atoms with Gasteiger partial charge in [-0.05, 0) is 62.4 Å². The monoisotopic (exact) mass is 531 g/mol. The molecule has 0 fully saturated rings. The molecule has 0 aliphatic carbocycles. The molecule has 1 atom stereocenters. The Morgan fingerprint density at radius 2 is 1.62 bits per heavy atom. The molecule has 0 aliphatic rings. The van der Waals surface area contributed by atoms with Crippen LogP contribution in [0.4, 0.5) is 5.69 Å². The molecular weight excluding hydrogens is 490 g/mol. The van der Waals surface area contributed by atoms with Crippen molar-refractivity contribution in [3.05, 3.63) is 60.2 Å². The van der Waals surface area contributed by atoms with E-state index in [1.54, 1.807) is 36.1 Å². The van der Waals surface area contributed by atoms with Crippen molar-refractivity contribution in [1.29, 1.82) is 0 Å². The Balaban J connectivity index is 2.09. The van der Waals surface area contributed by atoms with Crippen LogP contribution in [0.5, 0.6) is 5.75 Å². The van der Waals surface area contributed by atoms with Gasteiger partial charge in [-0.2, -0.15) is 0 Å². The molecule has 0 saturated carbocycles. The summed E-state index contributed by atoms with van der Waals surface area (Å²) in [6, 6.07) is 16.0. The molecule has 0 unspecified atom stereocenters. The first-order valence-electron chi connectivity index (χ1n) is 12.8. The Morgan fingerprint density at radius 3 is 2.19 bits per heavy atom. The van der Waals surface area contributed by atoms with Crippen LogP contribution < -0.4 is 14.4 Å². The van der Waals surface area contributed by atoms with E-state index in [1.165, 1.54) is 4.31 Å². The lowest BCUT2D eigenvalue weighted by Crippen LogP contribution is -2.49. The van der Waals surface area contributed by atoms with Crippen LogP contribution in [0.3, 0.4) is 0 Å². The van der Waals surface area contributed by atoms with Gasteiger partial charge in [0.05, 0.1) is 18.6 Å². The van der Waals surface area contributed by atoms with Gasteiger partial charge in [0.15, 0.2) is 0 Å². The quantitative estimate of drug-likeness (QED) is 0.377. The predicted molar refractivity (Wildman–Crippen MR) is 148 cm³/mol. The largest absolute Gasteiger partial charge is 0.494 e. The maximum atomic E-state index is 13.3. The SMILES string of the molecule is CCOc1ccc(N(CCCC(=O)N(CCc2ccccc2)[C@@H](C)C(=O)NCC(C)C)S(C)(=O)=O)cc1.